The van der Waals surface area contributed by atoms with Gasteiger partial charge in [0, 0.05) is 19.1 Å². The van der Waals surface area contributed by atoms with Crippen LogP contribution in [0.25, 0.3) is 0 Å². The predicted octanol–water partition coefficient (Wildman–Crippen LogP) is 1.14. The van der Waals surface area contributed by atoms with Crippen LogP contribution in [-0.4, -0.2) is 62.6 Å². The topological polar surface area (TPSA) is 98.9 Å². The van der Waals surface area contributed by atoms with Crippen LogP contribution >= 0.6 is 12.4 Å². The van der Waals surface area contributed by atoms with Crippen LogP contribution in [0.1, 0.15) is 24.8 Å². The second kappa shape index (κ2) is 9.23. The van der Waals surface area contributed by atoms with E-state index in [4.69, 9.17) is 15.2 Å². The van der Waals surface area contributed by atoms with Crippen molar-refractivity contribution in [2.75, 3.05) is 25.2 Å². The molecule has 2 saturated heterocycles. The monoisotopic (exact) mass is 418 g/mol. The van der Waals surface area contributed by atoms with Crippen LogP contribution in [0.2, 0.25) is 0 Å². The van der Waals surface area contributed by atoms with Crippen molar-refractivity contribution in [1.82, 2.24) is 4.90 Å². The van der Waals surface area contributed by atoms with Crippen LogP contribution in [0.15, 0.2) is 24.3 Å². The zero-order valence-electron chi connectivity index (χ0n) is 15.4. The molecule has 7 nitrogen and oxygen atoms in total. The summed E-state index contributed by atoms with van der Waals surface area (Å²) in [5, 5.41) is 0. The highest BCUT2D eigenvalue weighted by Gasteiger charge is 2.39. The van der Waals surface area contributed by atoms with Crippen molar-refractivity contribution < 1.29 is 22.7 Å². The quantitative estimate of drug-likeness (QED) is 0.743. The summed E-state index contributed by atoms with van der Waals surface area (Å²) in [4.78, 5) is 14.7. The Kier molecular flexibility index (Phi) is 7.50. The highest BCUT2D eigenvalue weighted by molar-refractivity contribution is 7.91. The van der Waals surface area contributed by atoms with E-state index in [1.165, 1.54) is 0 Å². The van der Waals surface area contributed by atoms with Gasteiger partial charge in [-0.1, -0.05) is 12.1 Å². The Balaban J connectivity index is 0.00000261. The highest BCUT2D eigenvalue weighted by atomic mass is 35.5. The lowest BCUT2D eigenvalue weighted by atomic mass is 10.1. The molecule has 1 unspecified atom stereocenters. The lowest BCUT2D eigenvalue weighted by molar-refractivity contribution is -0.145. The molecule has 152 valence electrons. The first kappa shape index (κ1) is 21.9. The average Bonchev–Trinajstić information content (AvgIpc) is 3.26. The number of amides is 1. The molecule has 0 spiro atoms. The molecule has 2 fully saturated rings. The lowest BCUT2D eigenvalue weighted by Gasteiger charge is -2.30. The number of carbonyl (C=O) groups is 1. The summed E-state index contributed by atoms with van der Waals surface area (Å²) < 4.78 is 34.8. The normalized spacial score (nSPS) is 26.4. The predicted molar refractivity (Wildman–Crippen MR) is 105 cm³/mol. The van der Waals surface area contributed by atoms with Gasteiger partial charge in [-0.15, -0.1) is 12.4 Å². The van der Waals surface area contributed by atoms with Gasteiger partial charge in [0.15, 0.2) is 9.84 Å². The van der Waals surface area contributed by atoms with Crippen LogP contribution < -0.4 is 10.5 Å². The van der Waals surface area contributed by atoms with E-state index in [0.29, 0.717) is 25.9 Å². The molecule has 0 saturated carbocycles. The molecule has 0 aliphatic carbocycles. The van der Waals surface area contributed by atoms with Crippen molar-refractivity contribution >= 4 is 28.2 Å². The molecule has 2 heterocycles. The molecule has 27 heavy (non-hydrogen) atoms. The average molecular weight is 419 g/mol. The van der Waals surface area contributed by atoms with Gasteiger partial charge in [0.25, 0.3) is 5.91 Å². The minimum atomic E-state index is -3.09. The second-order valence-corrected chi connectivity index (χ2v) is 9.16. The summed E-state index contributed by atoms with van der Waals surface area (Å²) in [7, 11) is -1.49. The fourth-order valence-electron chi connectivity index (χ4n) is 3.58. The molecule has 0 radical (unpaired) electrons. The van der Waals surface area contributed by atoms with E-state index in [9.17, 15) is 13.2 Å². The molecule has 2 N–H and O–H groups in total. The van der Waals surface area contributed by atoms with Crippen molar-refractivity contribution in [3.05, 3.63) is 29.8 Å². The minimum Gasteiger partial charge on any atom is -0.497 e. The third kappa shape index (κ3) is 5.34. The fraction of sp³-hybridized carbons (Fsp3) is 0.611. The third-order valence-electron chi connectivity index (χ3n) is 5.09. The standard InChI is InChI=1S/C18H26N2O5S.ClH/c1-24-15-4-2-13(3-5-15)11-20(14-8-9-26(22,23)12-14)18(21)17-7-6-16(10-19)25-17;/h2-5,14,16-17H,6-12,19H2,1H3;1H/t14?,16-,17+;/m1./s1. The number of rotatable bonds is 6. The molecule has 0 aromatic heterocycles. The number of methoxy groups -OCH3 is 1. The van der Waals surface area contributed by atoms with Crippen LogP contribution in [0.5, 0.6) is 5.75 Å². The van der Waals surface area contributed by atoms with E-state index in [1.807, 2.05) is 24.3 Å². The number of sulfone groups is 1. The Morgan fingerprint density at radius 2 is 1.96 bits per heavy atom. The summed E-state index contributed by atoms with van der Waals surface area (Å²) in [5.74, 6) is 0.738. The van der Waals surface area contributed by atoms with Gasteiger partial charge in [0.2, 0.25) is 0 Å². The smallest absolute Gasteiger partial charge is 0.252 e. The molecular formula is C18H27ClN2O5S. The third-order valence-corrected chi connectivity index (χ3v) is 6.84. The van der Waals surface area contributed by atoms with Gasteiger partial charge in [-0.3, -0.25) is 4.79 Å². The SMILES string of the molecule is COc1ccc(CN(C(=O)[C@@H]2CC[C@H](CN)O2)C2CCS(=O)(=O)C2)cc1.Cl. The highest BCUT2D eigenvalue weighted by Crippen LogP contribution is 2.26. The molecule has 9 heteroatoms. The molecule has 1 aromatic rings. The van der Waals surface area contributed by atoms with Crippen molar-refractivity contribution in [2.45, 2.75) is 44.1 Å². The summed E-state index contributed by atoms with van der Waals surface area (Å²) >= 11 is 0. The zero-order chi connectivity index (χ0) is 18.7. The molecule has 1 amide bonds. The number of carbonyl (C=O) groups excluding carboxylic acids is 1. The van der Waals surface area contributed by atoms with Gasteiger partial charge < -0.3 is 20.1 Å². The number of ether oxygens (including phenoxy) is 2. The van der Waals surface area contributed by atoms with E-state index in [1.54, 1.807) is 12.0 Å². The number of nitrogens with two attached hydrogens (primary N) is 1. The first-order chi connectivity index (χ1) is 12.4. The van der Waals surface area contributed by atoms with E-state index >= 15 is 0 Å². The van der Waals surface area contributed by atoms with E-state index in [2.05, 4.69) is 0 Å². The Labute approximate surface area is 166 Å². The van der Waals surface area contributed by atoms with Gasteiger partial charge in [-0.05, 0) is 37.0 Å². The summed E-state index contributed by atoms with van der Waals surface area (Å²) in [6.45, 7) is 0.746. The molecule has 0 bridgehead atoms. The maximum atomic E-state index is 13.1. The van der Waals surface area contributed by atoms with Crippen molar-refractivity contribution in [1.29, 1.82) is 0 Å². The van der Waals surface area contributed by atoms with E-state index in [0.717, 1.165) is 17.7 Å². The first-order valence-corrected chi connectivity index (χ1v) is 10.7. The number of hydrogen-bond acceptors (Lipinski definition) is 6. The van der Waals surface area contributed by atoms with Crippen LogP contribution in [0.4, 0.5) is 0 Å². The second-order valence-electron chi connectivity index (χ2n) is 6.93. The first-order valence-electron chi connectivity index (χ1n) is 8.91. The maximum absolute atomic E-state index is 13.1. The summed E-state index contributed by atoms with van der Waals surface area (Å²) in [5.41, 5.74) is 6.57. The van der Waals surface area contributed by atoms with Crippen LogP contribution in [0, 0.1) is 0 Å². The Morgan fingerprint density at radius 3 is 2.48 bits per heavy atom. The number of halogens is 1. The Hall–Kier alpha value is -1.35. The van der Waals surface area contributed by atoms with Crippen LogP contribution in [-0.2, 0) is 25.9 Å². The van der Waals surface area contributed by atoms with Gasteiger partial charge in [-0.25, -0.2) is 8.42 Å². The maximum Gasteiger partial charge on any atom is 0.252 e. The van der Waals surface area contributed by atoms with E-state index < -0.39 is 15.9 Å². The van der Waals surface area contributed by atoms with Gasteiger partial charge >= 0.3 is 0 Å². The summed E-state index contributed by atoms with van der Waals surface area (Å²) in [6, 6.07) is 7.14. The molecule has 3 atom stereocenters. The molecule has 2 aliphatic rings. The molecule has 2 aliphatic heterocycles. The number of benzene rings is 1. The fourth-order valence-corrected chi connectivity index (χ4v) is 5.31. The van der Waals surface area contributed by atoms with E-state index in [-0.39, 0.29) is 42.0 Å². The molecule has 1 aromatic carbocycles. The van der Waals surface area contributed by atoms with Gasteiger partial charge in [0.1, 0.15) is 11.9 Å². The van der Waals surface area contributed by atoms with Gasteiger partial charge in [0.05, 0.1) is 24.7 Å². The largest absolute Gasteiger partial charge is 0.497 e. The zero-order valence-corrected chi connectivity index (χ0v) is 17.0. The van der Waals surface area contributed by atoms with Crippen LogP contribution in [0.3, 0.4) is 0 Å². The van der Waals surface area contributed by atoms with Crippen molar-refractivity contribution in [3.8, 4) is 5.75 Å². The Morgan fingerprint density at radius 1 is 1.26 bits per heavy atom. The molecule has 3 rings (SSSR count). The Bertz CT molecular complexity index is 741. The van der Waals surface area contributed by atoms with Crippen molar-refractivity contribution in [3.63, 3.8) is 0 Å². The van der Waals surface area contributed by atoms with Gasteiger partial charge in [-0.2, -0.15) is 0 Å². The number of nitrogens with zero attached hydrogens (tertiary/aromatic N) is 1. The minimum absolute atomic E-state index is 0. The lowest BCUT2D eigenvalue weighted by Crippen LogP contribution is -2.46. The molecular weight excluding hydrogens is 392 g/mol. The number of hydrogen-bond donors (Lipinski definition) is 1. The summed E-state index contributed by atoms with van der Waals surface area (Å²) in [6.07, 6.45) is 1.21. The van der Waals surface area contributed by atoms with Crippen molar-refractivity contribution in [2.24, 2.45) is 5.73 Å².